The van der Waals surface area contributed by atoms with Gasteiger partial charge in [0, 0.05) is 25.6 Å². The zero-order valence-corrected chi connectivity index (χ0v) is 18.6. The smallest absolute Gasteiger partial charge is 0.260 e. The fourth-order valence-corrected chi connectivity index (χ4v) is 4.64. The molecule has 1 aliphatic carbocycles. The van der Waals surface area contributed by atoms with Crippen molar-refractivity contribution in [3.05, 3.63) is 64.7 Å². The van der Waals surface area contributed by atoms with Crippen molar-refractivity contribution in [3.8, 4) is 5.75 Å². The van der Waals surface area contributed by atoms with Crippen LogP contribution in [0.5, 0.6) is 5.75 Å². The lowest BCUT2D eigenvalue weighted by molar-refractivity contribution is -0.137. The summed E-state index contributed by atoms with van der Waals surface area (Å²) in [5.41, 5.74) is 4.66. The summed E-state index contributed by atoms with van der Waals surface area (Å²) < 4.78 is 11.2. The highest BCUT2D eigenvalue weighted by atomic mass is 16.5. The molecule has 2 aliphatic heterocycles. The number of fused-ring (bicyclic) bond motifs is 1. The van der Waals surface area contributed by atoms with Gasteiger partial charge in [-0.3, -0.25) is 9.59 Å². The number of aryl methyl sites for hydroxylation is 1. The number of amides is 2. The first-order valence-electron chi connectivity index (χ1n) is 11.6. The molecule has 0 radical (unpaired) electrons. The third-order valence-electron chi connectivity index (χ3n) is 6.67. The number of morpholine rings is 1. The Balaban J connectivity index is 1.40. The molecule has 1 saturated heterocycles. The third kappa shape index (κ3) is 4.37. The summed E-state index contributed by atoms with van der Waals surface area (Å²) in [6, 6.07) is 14.4. The second-order valence-corrected chi connectivity index (χ2v) is 9.01. The average molecular weight is 435 g/mol. The van der Waals surface area contributed by atoms with Crippen molar-refractivity contribution in [1.29, 1.82) is 0 Å². The molecule has 0 aromatic heterocycles. The summed E-state index contributed by atoms with van der Waals surface area (Å²) in [7, 11) is 0. The summed E-state index contributed by atoms with van der Waals surface area (Å²) in [4.78, 5) is 29.5. The van der Waals surface area contributed by atoms with Gasteiger partial charge in [-0.2, -0.15) is 0 Å². The highest BCUT2D eigenvalue weighted by Crippen LogP contribution is 2.41. The predicted molar refractivity (Wildman–Crippen MR) is 120 cm³/mol. The first-order chi connectivity index (χ1) is 15.6. The molecule has 5 rings (SSSR count). The van der Waals surface area contributed by atoms with E-state index in [4.69, 9.17) is 9.47 Å². The van der Waals surface area contributed by atoms with E-state index >= 15 is 0 Å². The van der Waals surface area contributed by atoms with Crippen molar-refractivity contribution in [1.82, 2.24) is 9.80 Å². The molecule has 1 saturated carbocycles. The Labute approximate surface area is 189 Å². The molecule has 2 heterocycles. The van der Waals surface area contributed by atoms with Crippen molar-refractivity contribution in [2.45, 2.75) is 32.2 Å². The van der Waals surface area contributed by atoms with Crippen LogP contribution in [0.1, 0.15) is 41.1 Å². The van der Waals surface area contributed by atoms with E-state index in [0.717, 1.165) is 36.9 Å². The number of rotatable bonds is 5. The van der Waals surface area contributed by atoms with E-state index in [0.29, 0.717) is 32.1 Å². The van der Waals surface area contributed by atoms with Crippen LogP contribution in [0.2, 0.25) is 0 Å². The maximum Gasteiger partial charge on any atom is 0.260 e. The van der Waals surface area contributed by atoms with Crippen LogP contribution in [0.25, 0.3) is 0 Å². The average Bonchev–Trinajstić information content (AvgIpc) is 3.68. The van der Waals surface area contributed by atoms with Gasteiger partial charge in [0.2, 0.25) is 5.91 Å². The minimum atomic E-state index is -0.119. The van der Waals surface area contributed by atoms with Crippen LogP contribution in [0.4, 0.5) is 0 Å². The molecule has 1 atom stereocenters. The van der Waals surface area contributed by atoms with Crippen molar-refractivity contribution < 1.29 is 19.1 Å². The van der Waals surface area contributed by atoms with Crippen LogP contribution < -0.4 is 4.74 Å². The van der Waals surface area contributed by atoms with Gasteiger partial charge >= 0.3 is 0 Å². The van der Waals surface area contributed by atoms with E-state index < -0.39 is 0 Å². The molecule has 6 nitrogen and oxygen atoms in total. The maximum absolute atomic E-state index is 13.1. The molecule has 6 heteroatoms. The van der Waals surface area contributed by atoms with Gasteiger partial charge in [0.1, 0.15) is 5.75 Å². The molecule has 2 fully saturated rings. The Morgan fingerprint density at radius 2 is 1.78 bits per heavy atom. The molecule has 0 spiro atoms. The van der Waals surface area contributed by atoms with Crippen LogP contribution >= 0.6 is 0 Å². The lowest BCUT2D eigenvalue weighted by Crippen LogP contribution is -2.43. The summed E-state index contributed by atoms with van der Waals surface area (Å²) >= 11 is 0. The molecule has 2 aromatic rings. The van der Waals surface area contributed by atoms with Gasteiger partial charge in [0.15, 0.2) is 6.61 Å². The minimum absolute atomic E-state index is 0.0126. The Hall–Kier alpha value is -2.86. The summed E-state index contributed by atoms with van der Waals surface area (Å²) in [5.74, 6) is 1.08. The van der Waals surface area contributed by atoms with Gasteiger partial charge < -0.3 is 19.3 Å². The molecule has 32 heavy (non-hydrogen) atoms. The number of hydrogen-bond donors (Lipinski definition) is 0. The first kappa shape index (κ1) is 21.0. The van der Waals surface area contributed by atoms with Crippen molar-refractivity contribution in [2.24, 2.45) is 5.92 Å². The minimum Gasteiger partial charge on any atom is -0.484 e. The summed E-state index contributed by atoms with van der Waals surface area (Å²) in [6.07, 6.45) is 2.83. The van der Waals surface area contributed by atoms with E-state index in [1.165, 1.54) is 11.1 Å². The Morgan fingerprint density at radius 3 is 2.50 bits per heavy atom. The highest BCUT2D eigenvalue weighted by Gasteiger charge is 2.39. The lowest BCUT2D eigenvalue weighted by atomic mass is 9.87. The topological polar surface area (TPSA) is 59.1 Å². The molecule has 0 N–H and O–H groups in total. The van der Waals surface area contributed by atoms with Crippen LogP contribution in [0.3, 0.4) is 0 Å². The van der Waals surface area contributed by atoms with Gasteiger partial charge in [-0.25, -0.2) is 0 Å². The number of carbonyl (C=O) groups is 2. The monoisotopic (exact) mass is 434 g/mol. The maximum atomic E-state index is 13.1. The normalized spacial score (nSPS) is 20.6. The number of benzene rings is 2. The number of carbonyl (C=O) groups excluding carboxylic acids is 2. The highest BCUT2D eigenvalue weighted by molar-refractivity contribution is 5.82. The summed E-state index contributed by atoms with van der Waals surface area (Å²) in [6.45, 7) is 5.19. The largest absolute Gasteiger partial charge is 0.484 e. The van der Waals surface area contributed by atoms with Gasteiger partial charge in [0.25, 0.3) is 5.91 Å². The van der Waals surface area contributed by atoms with E-state index in [-0.39, 0.29) is 30.4 Å². The van der Waals surface area contributed by atoms with Gasteiger partial charge in [-0.05, 0) is 55.0 Å². The van der Waals surface area contributed by atoms with E-state index in [1.807, 2.05) is 17.0 Å². The summed E-state index contributed by atoms with van der Waals surface area (Å²) in [5, 5.41) is 0. The van der Waals surface area contributed by atoms with Crippen molar-refractivity contribution in [2.75, 3.05) is 39.5 Å². The zero-order valence-electron chi connectivity index (χ0n) is 18.6. The van der Waals surface area contributed by atoms with Gasteiger partial charge in [0.05, 0.1) is 19.3 Å². The Morgan fingerprint density at radius 1 is 1.03 bits per heavy atom. The lowest BCUT2D eigenvalue weighted by Gasteiger charge is -2.38. The van der Waals surface area contributed by atoms with E-state index in [1.54, 1.807) is 4.90 Å². The molecule has 168 valence electrons. The molecular weight excluding hydrogens is 404 g/mol. The molecule has 2 aromatic carbocycles. The van der Waals surface area contributed by atoms with Crippen LogP contribution in [0.15, 0.2) is 42.5 Å². The van der Waals surface area contributed by atoms with Crippen LogP contribution in [-0.2, 0) is 20.7 Å². The SMILES string of the molecule is Cc1ccc([C@H]2c3cc(OCC(=O)N4CCOCC4)ccc3CCN2C(=O)C2CC2)cc1. The number of hydrogen-bond acceptors (Lipinski definition) is 4. The third-order valence-corrected chi connectivity index (χ3v) is 6.67. The zero-order chi connectivity index (χ0) is 22.1. The van der Waals surface area contributed by atoms with Gasteiger partial charge in [-0.15, -0.1) is 0 Å². The molecule has 0 bridgehead atoms. The van der Waals surface area contributed by atoms with Gasteiger partial charge in [-0.1, -0.05) is 35.9 Å². The number of nitrogens with zero attached hydrogens (tertiary/aromatic N) is 2. The molecule has 2 amide bonds. The van der Waals surface area contributed by atoms with E-state index in [2.05, 4.69) is 37.3 Å². The van der Waals surface area contributed by atoms with E-state index in [9.17, 15) is 9.59 Å². The molecule has 3 aliphatic rings. The second kappa shape index (κ2) is 8.94. The predicted octanol–water partition coefficient (Wildman–Crippen LogP) is 3.12. The number of ether oxygens (including phenoxy) is 2. The van der Waals surface area contributed by atoms with Crippen LogP contribution in [0, 0.1) is 12.8 Å². The standard InChI is InChI=1S/C26H30N2O4/c1-18-2-4-20(5-3-18)25-23-16-22(32-17-24(29)27-12-14-31-15-13-27)9-8-19(23)10-11-28(25)26(30)21-6-7-21/h2-5,8-9,16,21,25H,6-7,10-15,17H2,1H3/t25-/m0/s1. The quantitative estimate of drug-likeness (QED) is 0.726. The van der Waals surface area contributed by atoms with Crippen molar-refractivity contribution in [3.63, 3.8) is 0 Å². The Bertz CT molecular complexity index is 993. The Kier molecular flexibility index (Phi) is 5.87. The fourth-order valence-electron chi connectivity index (χ4n) is 4.64. The van der Waals surface area contributed by atoms with Crippen LogP contribution in [-0.4, -0.2) is 61.1 Å². The second-order valence-electron chi connectivity index (χ2n) is 9.01. The molecular formula is C26H30N2O4. The fraction of sp³-hybridized carbons (Fsp3) is 0.462. The van der Waals surface area contributed by atoms with Crippen molar-refractivity contribution >= 4 is 11.8 Å². The molecule has 0 unspecified atom stereocenters. The first-order valence-corrected chi connectivity index (χ1v) is 11.6.